The molecule has 0 aliphatic carbocycles. The number of piperazine rings is 1. The van der Waals surface area contributed by atoms with E-state index in [1.54, 1.807) is 0 Å². The minimum absolute atomic E-state index is 0.722. The van der Waals surface area contributed by atoms with Crippen molar-refractivity contribution in [1.82, 2.24) is 14.7 Å². The van der Waals surface area contributed by atoms with Crippen LogP contribution in [0.2, 0.25) is 0 Å². The molecule has 144 valence electrons. The highest BCUT2D eigenvalue weighted by Crippen LogP contribution is 2.25. The SMILES string of the molecule is CC(C)C1CCN(C(C)C)CC1.CC(C)N1CCN(C(C)C)CC1. The number of likely N-dealkylation sites (tertiary alicyclic amines) is 1. The molecule has 2 aliphatic rings. The van der Waals surface area contributed by atoms with Crippen molar-refractivity contribution in [2.24, 2.45) is 11.8 Å². The van der Waals surface area contributed by atoms with Crippen LogP contribution in [0.25, 0.3) is 0 Å². The lowest BCUT2D eigenvalue weighted by Gasteiger charge is -2.38. The highest BCUT2D eigenvalue weighted by Gasteiger charge is 2.22. The van der Waals surface area contributed by atoms with Gasteiger partial charge in [-0.2, -0.15) is 0 Å². The van der Waals surface area contributed by atoms with Crippen LogP contribution < -0.4 is 0 Å². The van der Waals surface area contributed by atoms with Crippen molar-refractivity contribution >= 4 is 0 Å². The summed E-state index contributed by atoms with van der Waals surface area (Å²) in [5, 5.41) is 0. The lowest BCUT2D eigenvalue weighted by Crippen LogP contribution is -2.50. The molecule has 0 N–H and O–H groups in total. The van der Waals surface area contributed by atoms with Gasteiger partial charge >= 0.3 is 0 Å². The van der Waals surface area contributed by atoms with Gasteiger partial charge in [-0.05, 0) is 79.3 Å². The second-order valence-corrected chi connectivity index (χ2v) is 8.97. The molecule has 24 heavy (non-hydrogen) atoms. The van der Waals surface area contributed by atoms with E-state index in [-0.39, 0.29) is 0 Å². The fourth-order valence-electron chi connectivity index (χ4n) is 3.87. The third kappa shape index (κ3) is 7.41. The fraction of sp³-hybridized carbons (Fsp3) is 1.00. The minimum atomic E-state index is 0.722. The molecular weight excluding hydrogens is 294 g/mol. The fourth-order valence-corrected chi connectivity index (χ4v) is 3.87. The van der Waals surface area contributed by atoms with Gasteiger partial charge < -0.3 is 4.90 Å². The second-order valence-electron chi connectivity index (χ2n) is 8.97. The van der Waals surface area contributed by atoms with Gasteiger partial charge in [0.15, 0.2) is 0 Å². The number of hydrogen-bond acceptors (Lipinski definition) is 3. The third-order valence-corrected chi connectivity index (χ3v) is 6.06. The van der Waals surface area contributed by atoms with Crippen LogP contribution >= 0.6 is 0 Å². The Kier molecular flexibility index (Phi) is 9.84. The lowest BCUT2D eigenvalue weighted by molar-refractivity contribution is 0.0887. The van der Waals surface area contributed by atoms with E-state index in [0.717, 1.165) is 30.0 Å². The standard InChI is InChI=1S/C11H23N.C10H22N2/c2*1-9(2)11-5-7-12(8-6-11)10(3)4/h9-11H,5-8H2,1-4H3;9-10H,5-8H2,1-4H3. The van der Waals surface area contributed by atoms with E-state index in [1.165, 1.54) is 52.1 Å². The van der Waals surface area contributed by atoms with E-state index in [9.17, 15) is 0 Å². The van der Waals surface area contributed by atoms with E-state index in [2.05, 4.69) is 70.1 Å². The molecule has 0 aromatic carbocycles. The zero-order valence-corrected chi connectivity index (χ0v) is 17.9. The molecule has 0 aromatic rings. The molecule has 2 fully saturated rings. The summed E-state index contributed by atoms with van der Waals surface area (Å²) in [5.74, 6) is 1.87. The van der Waals surface area contributed by atoms with E-state index in [4.69, 9.17) is 0 Å². The normalized spacial score (nSPS) is 22.5. The van der Waals surface area contributed by atoms with Crippen molar-refractivity contribution in [3.63, 3.8) is 0 Å². The maximum Gasteiger partial charge on any atom is 0.0113 e. The Morgan fingerprint density at radius 1 is 0.500 bits per heavy atom. The van der Waals surface area contributed by atoms with Crippen LogP contribution in [0, 0.1) is 11.8 Å². The quantitative estimate of drug-likeness (QED) is 0.760. The van der Waals surface area contributed by atoms with Gasteiger partial charge in [0.05, 0.1) is 0 Å². The summed E-state index contributed by atoms with van der Waals surface area (Å²) in [6, 6.07) is 2.19. The van der Waals surface area contributed by atoms with Gasteiger partial charge in [-0.1, -0.05) is 13.8 Å². The van der Waals surface area contributed by atoms with Crippen molar-refractivity contribution in [2.45, 2.75) is 86.4 Å². The molecule has 0 aromatic heterocycles. The molecule has 2 heterocycles. The Balaban J connectivity index is 0.000000240. The van der Waals surface area contributed by atoms with E-state index < -0.39 is 0 Å². The molecule has 2 rings (SSSR count). The summed E-state index contributed by atoms with van der Waals surface area (Å²) in [6.45, 7) is 26.1. The number of rotatable bonds is 4. The molecular formula is C21H45N3. The summed E-state index contributed by atoms with van der Waals surface area (Å²) < 4.78 is 0. The van der Waals surface area contributed by atoms with Gasteiger partial charge in [-0.3, -0.25) is 9.80 Å². The predicted octanol–water partition coefficient (Wildman–Crippen LogP) is 4.18. The van der Waals surface area contributed by atoms with Crippen molar-refractivity contribution in [2.75, 3.05) is 39.3 Å². The summed E-state index contributed by atoms with van der Waals surface area (Å²) in [5.41, 5.74) is 0. The molecule has 3 heteroatoms. The Labute approximate surface area is 152 Å². The largest absolute Gasteiger partial charge is 0.301 e. The third-order valence-electron chi connectivity index (χ3n) is 6.06. The van der Waals surface area contributed by atoms with Gasteiger partial charge in [-0.15, -0.1) is 0 Å². The maximum atomic E-state index is 2.60. The number of hydrogen-bond donors (Lipinski definition) is 0. The molecule has 3 nitrogen and oxygen atoms in total. The Morgan fingerprint density at radius 3 is 1.04 bits per heavy atom. The molecule has 0 atom stereocenters. The molecule has 2 saturated heterocycles. The van der Waals surface area contributed by atoms with Gasteiger partial charge in [0.2, 0.25) is 0 Å². The Bertz CT molecular complexity index is 245. The zero-order chi connectivity index (χ0) is 18.3. The summed E-state index contributed by atoms with van der Waals surface area (Å²) >= 11 is 0. The van der Waals surface area contributed by atoms with E-state index in [0.29, 0.717) is 0 Å². The monoisotopic (exact) mass is 339 g/mol. The van der Waals surface area contributed by atoms with Crippen molar-refractivity contribution in [3.8, 4) is 0 Å². The van der Waals surface area contributed by atoms with E-state index in [1.807, 2.05) is 0 Å². The average molecular weight is 340 g/mol. The zero-order valence-electron chi connectivity index (χ0n) is 17.9. The van der Waals surface area contributed by atoms with Crippen molar-refractivity contribution < 1.29 is 0 Å². The first kappa shape index (κ1) is 21.9. The summed E-state index contributed by atoms with van der Waals surface area (Å²) in [4.78, 5) is 7.70. The second kappa shape index (κ2) is 10.8. The van der Waals surface area contributed by atoms with Crippen LogP contribution in [-0.2, 0) is 0 Å². The number of nitrogens with zero attached hydrogens (tertiary/aromatic N) is 3. The summed E-state index contributed by atoms with van der Waals surface area (Å²) in [7, 11) is 0. The van der Waals surface area contributed by atoms with Crippen molar-refractivity contribution in [3.05, 3.63) is 0 Å². The summed E-state index contributed by atoms with van der Waals surface area (Å²) in [6.07, 6.45) is 2.83. The van der Waals surface area contributed by atoms with Crippen LogP contribution in [0.4, 0.5) is 0 Å². The van der Waals surface area contributed by atoms with Crippen LogP contribution in [-0.4, -0.2) is 72.1 Å². The van der Waals surface area contributed by atoms with Crippen LogP contribution in [0.3, 0.4) is 0 Å². The van der Waals surface area contributed by atoms with E-state index >= 15 is 0 Å². The first-order valence-electron chi connectivity index (χ1n) is 10.4. The van der Waals surface area contributed by atoms with Crippen LogP contribution in [0.15, 0.2) is 0 Å². The Morgan fingerprint density at radius 2 is 0.792 bits per heavy atom. The first-order chi connectivity index (χ1) is 11.2. The molecule has 0 spiro atoms. The predicted molar refractivity (Wildman–Crippen MR) is 108 cm³/mol. The van der Waals surface area contributed by atoms with Gasteiger partial charge in [-0.25, -0.2) is 0 Å². The first-order valence-corrected chi connectivity index (χ1v) is 10.4. The van der Waals surface area contributed by atoms with Gasteiger partial charge in [0.25, 0.3) is 0 Å². The topological polar surface area (TPSA) is 9.72 Å². The average Bonchev–Trinajstić information content (AvgIpc) is 2.55. The van der Waals surface area contributed by atoms with Gasteiger partial charge in [0, 0.05) is 44.3 Å². The van der Waals surface area contributed by atoms with Crippen LogP contribution in [0.5, 0.6) is 0 Å². The van der Waals surface area contributed by atoms with Crippen molar-refractivity contribution in [1.29, 1.82) is 0 Å². The number of piperidine rings is 1. The molecule has 0 saturated carbocycles. The minimum Gasteiger partial charge on any atom is -0.301 e. The smallest absolute Gasteiger partial charge is 0.0113 e. The lowest BCUT2D eigenvalue weighted by atomic mass is 9.86. The maximum absolute atomic E-state index is 2.60. The molecule has 0 amide bonds. The Hall–Kier alpha value is -0.120. The van der Waals surface area contributed by atoms with Gasteiger partial charge in [0.1, 0.15) is 0 Å². The highest BCUT2D eigenvalue weighted by atomic mass is 15.3. The molecule has 0 unspecified atom stereocenters. The molecule has 0 radical (unpaired) electrons. The molecule has 0 bridgehead atoms. The molecule has 2 aliphatic heterocycles. The highest BCUT2D eigenvalue weighted by molar-refractivity contribution is 4.76. The van der Waals surface area contributed by atoms with Crippen LogP contribution in [0.1, 0.15) is 68.2 Å².